The lowest BCUT2D eigenvalue weighted by Gasteiger charge is -2.07. The highest BCUT2D eigenvalue weighted by Gasteiger charge is 2.23. The van der Waals surface area contributed by atoms with Gasteiger partial charge in [-0.15, -0.1) is 0 Å². The van der Waals surface area contributed by atoms with E-state index in [1.807, 2.05) is 36.0 Å². The van der Waals surface area contributed by atoms with Crippen LogP contribution in [0.4, 0.5) is 0 Å². The number of methoxy groups -OCH3 is 1. The zero-order valence-corrected chi connectivity index (χ0v) is 9.55. The predicted octanol–water partition coefficient (Wildman–Crippen LogP) is 2.63. The second-order valence-corrected chi connectivity index (χ2v) is 4.80. The van der Waals surface area contributed by atoms with Gasteiger partial charge in [0.25, 0.3) is 0 Å². The number of carbonyl (C=O) groups is 1. The molecule has 1 heterocycles. The first-order valence-corrected chi connectivity index (χ1v) is 6.23. The smallest absolute Gasteiger partial charge is 0.166 e. The van der Waals surface area contributed by atoms with Crippen molar-refractivity contribution in [3.05, 3.63) is 29.8 Å². The van der Waals surface area contributed by atoms with Gasteiger partial charge in [-0.2, -0.15) is 11.8 Å². The first-order chi connectivity index (χ1) is 7.31. The minimum atomic E-state index is 0.225. The van der Waals surface area contributed by atoms with Crippen LogP contribution in [0.15, 0.2) is 24.3 Å². The summed E-state index contributed by atoms with van der Waals surface area (Å²) in [6, 6.07) is 7.39. The quantitative estimate of drug-likeness (QED) is 0.735. The standard InChI is InChI=1S/C12H14O2S/c1-14-11-4-2-9(3-5-11)12(13)10-6-7-15-8-10/h2-5,10H,6-8H2,1H3. The van der Waals surface area contributed by atoms with Gasteiger partial charge in [-0.1, -0.05) is 0 Å². The first-order valence-electron chi connectivity index (χ1n) is 5.07. The number of hydrogen-bond acceptors (Lipinski definition) is 3. The van der Waals surface area contributed by atoms with Crippen molar-refractivity contribution in [1.29, 1.82) is 0 Å². The number of carbonyl (C=O) groups excluding carboxylic acids is 1. The highest BCUT2D eigenvalue weighted by atomic mass is 32.2. The summed E-state index contributed by atoms with van der Waals surface area (Å²) in [5.41, 5.74) is 0.809. The van der Waals surface area contributed by atoms with Gasteiger partial charge in [-0.3, -0.25) is 4.79 Å². The second-order valence-electron chi connectivity index (χ2n) is 3.65. The average Bonchev–Trinajstić information content (AvgIpc) is 2.82. The molecule has 1 aliphatic rings. The third-order valence-corrected chi connectivity index (χ3v) is 3.84. The largest absolute Gasteiger partial charge is 0.497 e. The number of benzene rings is 1. The molecule has 0 N–H and O–H groups in total. The SMILES string of the molecule is COc1ccc(C(=O)C2CCSC2)cc1. The van der Waals surface area contributed by atoms with Crippen molar-refractivity contribution in [3.8, 4) is 5.75 Å². The molecule has 0 saturated carbocycles. The Morgan fingerprint density at radius 2 is 2.13 bits per heavy atom. The van der Waals surface area contributed by atoms with Crippen LogP contribution in [0.5, 0.6) is 5.75 Å². The Bertz CT molecular complexity index is 339. The molecule has 0 amide bonds. The molecule has 1 aliphatic heterocycles. The predicted molar refractivity (Wildman–Crippen MR) is 62.8 cm³/mol. The third kappa shape index (κ3) is 2.34. The summed E-state index contributed by atoms with van der Waals surface area (Å²) in [4.78, 5) is 12.0. The van der Waals surface area contributed by atoms with Crippen LogP contribution in [0, 0.1) is 5.92 Å². The fraction of sp³-hybridized carbons (Fsp3) is 0.417. The van der Waals surface area contributed by atoms with Crippen LogP contribution in [-0.2, 0) is 0 Å². The zero-order chi connectivity index (χ0) is 10.7. The topological polar surface area (TPSA) is 26.3 Å². The summed E-state index contributed by atoms with van der Waals surface area (Å²) >= 11 is 1.87. The number of thioether (sulfide) groups is 1. The van der Waals surface area contributed by atoms with Crippen LogP contribution in [-0.4, -0.2) is 24.4 Å². The highest BCUT2D eigenvalue weighted by Crippen LogP contribution is 2.27. The fourth-order valence-corrected chi connectivity index (χ4v) is 2.95. The van der Waals surface area contributed by atoms with Gasteiger partial charge in [0.1, 0.15) is 5.75 Å². The van der Waals surface area contributed by atoms with Gasteiger partial charge >= 0.3 is 0 Å². The van der Waals surface area contributed by atoms with E-state index in [0.29, 0.717) is 0 Å². The van der Waals surface area contributed by atoms with Crippen molar-refractivity contribution in [1.82, 2.24) is 0 Å². The van der Waals surface area contributed by atoms with Crippen LogP contribution < -0.4 is 4.74 Å². The highest BCUT2D eigenvalue weighted by molar-refractivity contribution is 7.99. The van der Waals surface area contributed by atoms with E-state index >= 15 is 0 Å². The second kappa shape index (κ2) is 4.71. The minimum Gasteiger partial charge on any atom is -0.497 e. The van der Waals surface area contributed by atoms with Crippen molar-refractivity contribution in [2.24, 2.45) is 5.92 Å². The fourth-order valence-electron chi connectivity index (χ4n) is 1.73. The maximum atomic E-state index is 12.0. The third-order valence-electron chi connectivity index (χ3n) is 2.68. The molecule has 1 fully saturated rings. The van der Waals surface area contributed by atoms with Crippen molar-refractivity contribution in [3.63, 3.8) is 0 Å². The number of Topliss-reactive ketones (excluding diaryl/α,β-unsaturated/α-hetero) is 1. The molecule has 1 aromatic carbocycles. The number of rotatable bonds is 3. The number of hydrogen-bond donors (Lipinski definition) is 0. The van der Waals surface area contributed by atoms with Crippen molar-refractivity contribution in [2.45, 2.75) is 6.42 Å². The molecule has 0 aliphatic carbocycles. The molecule has 3 heteroatoms. The molecular weight excluding hydrogens is 208 g/mol. The van der Waals surface area contributed by atoms with Gasteiger partial charge in [0.15, 0.2) is 5.78 Å². The molecule has 1 unspecified atom stereocenters. The Labute approximate surface area is 94.0 Å². The summed E-state index contributed by atoms with van der Waals surface area (Å²) in [7, 11) is 1.63. The van der Waals surface area contributed by atoms with Gasteiger partial charge in [0.05, 0.1) is 7.11 Å². The van der Waals surface area contributed by atoms with E-state index in [9.17, 15) is 4.79 Å². The molecule has 15 heavy (non-hydrogen) atoms. The van der Waals surface area contributed by atoms with E-state index in [1.54, 1.807) is 7.11 Å². The number of ether oxygens (including phenoxy) is 1. The molecule has 80 valence electrons. The molecule has 1 atom stereocenters. The van der Waals surface area contributed by atoms with Gasteiger partial charge < -0.3 is 4.74 Å². The lowest BCUT2D eigenvalue weighted by atomic mass is 9.97. The zero-order valence-electron chi connectivity index (χ0n) is 8.73. The molecule has 0 bridgehead atoms. The molecule has 0 aromatic heterocycles. The van der Waals surface area contributed by atoms with Crippen molar-refractivity contribution < 1.29 is 9.53 Å². The van der Waals surface area contributed by atoms with Gasteiger partial charge in [-0.05, 0) is 36.4 Å². The monoisotopic (exact) mass is 222 g/mol. The van der Waals surface area contributed by atoms with Gasteiger partial charge in [0, 0.05) is 17.2 Å². The molecule has 2 rings (SSSR count). The van der Waals surface area contributed by atoms with Gasteiger partial charge in [-0.25, -0.2) is 0 Å². The molecule has 1 saturated heterocycles. The van der Waals surface area contributed by atoms with Crippen LogP contribution in [0.25, 0.3) is 0 Å². The van der Waals surface area contributed by atoms with E-state index in [2.05, 4.69) is 0 Å². The maximum Gasteiger partial charge on any atom is 0.166 e. The van der Waals surface area contributed by atoms with Crippen LogP contribution in [0.1, 0.15) is 16.8 Å². The first kappa shape index (κ1) is 10.6. The summed E-state index contributed by atoms with van der Waals surface area (Å²) in [5.74, 6) is 3.40. The summed E-state index contributed by atoms with van der Waals surface area (Å²) in [5, 5.41) is 0. The van der Waals surface area contributed by atoms with E-state index in [0.717, 1.165) is 29.2 Å². The normalized spacial score (nSPS) is 20.2. The summed E-state index contributed by atoms with van der Waals surface area (Å²) in [6.45, 7) is 0. The van der Waals surface area contributed by atoms with Crippen molar-refractivity contribution in [2.75, 3.05) is 18.6 Å². The Balaban J connectivity index is 2.11. The van der Waals surface area contributed by atoms with Crippen LogP contribution >= 0.6 is 11.8 Å². The van der Waals surface area contributed by atoms with Crippen molar-refractivity contribution >= 4 is 17.5 Å². The summed E-state index contributed by atoms with van der Waals surface area (Å²) in [6.07, 6.45) is 1.02. The minimum absolute atomic E-state index is 0.225. The maximum absolute atomic E-state index is 12.0. The molecule has 0 spiro atoms. The van der Waals surface area contributed by atoms with E-state index < -0.39 is 0 Å². The summed E-state index contributed by atoms with van der Waals surface area (Å²) < 4.78 is 5.06. The Morgan fingerprint density at radius 1 is 1.40 bits per heavy atom. The Kier molecular flexibility index (Phi) is 3.31. The average molecular weight is 222 g/mol. The number of ketones is 1. The van der Waals surface area contributed by atoms with E-state index in [-0.39, 0.29) is 11.7 Å². The molecular formula is C12H14O2S. The lowest BCUT2D eigenvalue weighted by molar-refractivity contribution is 0.0933. The molecule has 0 radical (unpaired) electrons. The van der Waals surface area contributed by atoms with E-state index in [1.165, 1.54) is 0 Å². The van der Waals surface area contributed by atoms with Crippen LogP contribution in [0.3, 0.4) is 0 Å². The van der Waals surface area contributed by atoms with E-state index in [4.69, 9.17) is 4.74 Å². The molecule has 1 aromatic rings. The van der Waals surface area contributed by atoms with Crippen LogP contribution in [0.2, 0.25) is 0 Å². The molecule has 2 nitrogen and oxygen atoms in total. The van der Waals surface area contributed by atoms with Gasteiger partial charge in [0.2, 0.25) is 0 Å². The lowest BCUT2D eigenvalue weighted by Crippen LogP contribution is -2.13. The Morgan fingerprint density at radius 3 is 2.67 bits per heavy atom. The Hall–Kier alpha value is -0.960.